The lowest BCUT2D eigenvalue weighted by Gasteiger charge is -2.34. The fraction of sp³-hybridized carbons (Fsp3) is 0.529. The van der Waals surface area contributed by atoms with E-state index < -0.39 is 4.92 Å². The van der Waals surface area contributed by atoms with Gasteiger partial charge in [0.05, 0.1) is 17.9 Å². The molecule has 29 heavy (non-hydrogen) atoms. The number of carbonyl (C=O) groups excluding carboxylic acids is 1. The second-order valence-corrected chi connectivity index (χ2v) is 6.41. The van der Waals surface area contributed by atoms with Gasteiger partial charge in [-0.1, -0.05) is 0 Å². The number of nitrogens with zero attached hydrogens (tertiary/aromatic N) is 7. The first-order valence-corrected chi connectivity index (χ1v) is 9.45. The van der Waals surface area contributed by atoms with E-state index in [1.807, 2.05) is 10.8 Å². The molecule has 0 saturated carbocycles. The molecule has 1 saturated heterocycles. The van der Waals surface area contributed by atoms with Gasteiger partial charge in [-0.2, -0.15) is 0 Å². The normalized spacial score (nSPS) is 14.0. The molecule has 1 aliphatic heterocycles. The zero-order valence-corrected chi connectivity index (χ0v) is 16.2. The smallest absolute Gasteiger partial charge is 0.409 e. The molecule has 1 fully saturated rings. The third-order valence-corrected chi connectivity index (χ3v) is 4.54. The van der Waals surface area contributed by atoms with Crippen LogP contribution in [0.2, 0.25) is 0 Å². The largest absolute Gasteiger partial charge is 0.450 e. The lowest BCUT2D eigenvalue weighted by molar-refractivity contribution is -0.383. The van der Waals surface area contributed by atoms with E-state index >= 15 is 0 Å². The maximum absolute atomic E-state index is 11.8. The minimum Gasteiger partial charge on any atom is -0.450 e. The number of aromatic nitrogens is 4. The van der Waals surface area contributed by atoms with Crippen LogP contribution >= 0.6 is 0 Å². The topological polar surface area (TPSA) is 132 Å². The molecule has 1 amide bonds. The Morgan fingerprint density at radius 2 is 2.10 bits per heavy atom. The highest BCUT2D eigenvalue weighted by Crippen LogP contribution is 2.32. The number of aryl methyl sites for hydroxylation is 1. The summed E-state index contributed by atoms with van der Waals surface area (Å²) in [6.07, 6.45) is 6.99. The van der Waals surface area contributed by atoms with Gasteiger partial charge in [0.1, 0.15) is 6.33 Å². The summed E-state index contributed by atoms with van der Waals surface area (Å²) in [6.45, 7) is 5.00. The molecule has 0 spiro atoms. The number of nitro groups is 1. The highest BCUT2D eigenvalue weighted by molar-refractivity contribution is 5.71. The Bertz CT molecular complexity index is 821. The van der Waals surface area contributed by atoms with E-state index in [2.05, 4.69) is 20.3 Å². The van der Waals surface area contributed by atoms with Crippen LogP contribution in [0.3, 0.4) is 0 Å². The number of carbonyl (C=O) groups is 1. The molecule has 0 aliphatic carbocycles. The van der Waals surface area contributed by atoms with E-state index in [0.29, 0.717) is 39.3 Å². The van der Waals surface area contributed by atoms with Crippen LogP contribution in [0.25, 0.3) is 0 Å². The van der Waals surface area contributed by atoms with Crippen molar-refractivity contribution >= 4 is 23.4 Å². The van der Waals surface area contributed by atoms with Gasteiger partial charge in [-0.05, 0) is 13.3 Å². The highest BCUT2D eigenvalue weighted by atomic mass is 16.6. The summed E-state index contributed by atoms with van der Waals surface area (Å²) >= 11 is 0. The quantitative estimate of drug-likeness (QED) is 0.393. The van der Waals surface area contributed by atoms with Crippen LogP contribution in [0, 0.1) is 10.1 Å². The van der Waals surface area contributed by atoms with Gasteiger partial charge in [0.2, 0.25) is 11.6 Å². The van der Waals surface area contributed by atoms with E-state index in [9.17, 15) is 14.9 Å². The first-order chi connectivity index (χ1) is 14.1. The summed E-state index contributed by atoms with van der Waals surface area (Å²) in [5.74, 6) is 0.448. The maximum atomic E-state index is 11.8. The number of hydrogen-bond acceptors (Lipinski definition) is 9. The number of rotatable bonds is 8. The number of hydrogen-bond donors (Lipinski definition) is 1. The number of anilines is 2. The Balaban J connectivity index is 1.64. The van der Waals surface area contributed by atoms with Crippen LogP contribution in [0.1, 0.15) is 13.3 Å². The van der Waals surface area contributed by atoms with Crippen molar-refractivity contribution in [3.05, 3.63) is 35.2 Å². The van der Waals surface area contributed by atoms with Crippen LogP contribution in [0.5, 0.6) is 0 Å². The number of piperazine rings is 1. The predicted molar refractivity (Wildman–Crippen MR) is 105 cm³/mol. The minimum absolute atomic E-state index is 0.153. The summed E-state index contributed by atoms with van der Waals surface area (Å²) in [5.41, 5.74) is -0.153. The highest BCUT2D eigenvalue weighted by Gasteiger charge is 2.30. The monoisotopic (exact) mass is 404 g/mol. The molecule has 3 rings (SSSR count). The van der Waals surface area contributed by atoms with Gasteiger partial charge in [0.15, 0.2) is 0 Å². The third kappa shape index (κ3) is 5.09. The van der Waals surface area contributed by atoms with Crippen molar-refractivity contribution in [1.82, 2.24) is 24.4 Å². The molecular formula is C17H24N8O4. The fourth-order valence-corrected chi connectivity index (χ4v) is 3.10. The Labute approximate surface area is 167 Å². The first kappa shape index (κ1) is 20.3. The molecule has 12 heteroatoms. The Hall–Kier alpha value is -3.44. The summed E-state index contributed by atoms with van der Waals surface area (Å²) in [7, 11) is 0. The average Bonchev–Trinajstić information content (AvgIpc) is 3.24. The maximum Gasteiger partial charge on any atom is 0.409 e. The molecule has 1 N–H and O–H groups in total. The SMILES string of the molecule is CCOC(=O)N1CCN(c2ncnc(NCCCn3ccnc3)c2[N+](=O)[O-])CC1. The van der Waals surface area contributed by atoms with Crippen molar-refractivity contribution < 1.29 is 14.5 Å². The molecular weight excluding hydrogens is 380 g/mol. The van der Waals surface area contributed by atoms with Crippen LogP contribution in [0.4, 0.5) is 22.1 Å². The van der Waals surface area contributed by atoms with Gasteiger partial charge in [-0.15, -0.1) is 0 Å². The van der Waals surface area contributed by atoms with Crippen LogP contribution < -0.4 is 10.2 Å². The fourth-order valence-electron chi connectivity index (χ4n) is 3.10. The molecule has 0 bridgehead atoms. The van der Waals surface area contributed by atoms with Crippen LogP contribution in [-0.4, -0.2) is 74.8 Å². The van der Waals surface area contributed by atoms with Crippen LogP contribution in [0.15, 0.2) is 25.0 Å². The minimum atomic E-state index is -0.467. The summed E-state index contributed by atoms with van der Waals surface area (Å²) in [4.78, 5) is 38.7. The first-order valence-electron chi connectivity index (χ1n) is 9.45. The van der Waals surface area contributed by atoms with Gasteiger partial charge in [0, 0.05) is 51.7 Å². The van der Waals surface area contributed by atoms with Gasteiger partial charge >= 0.3 is 11.8 Å². The number of ether oxygens (including phenoxy) is 1. The zero-order valence-electron chi connectivity index (χ0n) is 16.2. The van der Waals surface area contributed by atoms with Gasteiger partial charge in [-0.25, -0.2) is 19.7 Å². The molecule has 2 aromatic heterocycles. The van der Waals surface area contributed by atoms with E-state index in [0.717, 1.165) is 13.0 Å². The summed E-state index contributed by atoms with van der Waals surface area (Å²) < 4.78 is 6.94. The standard InChI is InChI=1S/C17H24N8O4/c1-2-29-17(26)24-10-8-23(9-11-24)16-14(25(27)28)15(20-12-21-16)19-4-3-6-22-7-5-18-13-22/h5,7,12-13H,2-4,6,8-11H2,1H3,(H,19,20,21). The predicted octanol–water partition coefficient (Wildman–Crippen LogP) is 1.36. The Morgan fingerprint density at radius 3 is 2.76 bits per heavy atom. The zero-order chi connectivity index (χ0) is 20.6. The molecule has 0 aromatic carbocycles. The van der Waals surface area contributed by atoms with E-state index in [1.165, 1.54) is 6.33 Å². The van der Waals surface area contributed by atoms with Crippen molar-refractivity contribution in [2.45, 2.75) is 19.9 Å². The molecule has 1 aliphatic rings. The third-order valence-electron chi connectivity index (χ3n) is 4.54. The second kappa shape index (κ2) is 9.66. The van der Waals surface area contributed by atoms with Crippen molar-refractivity contribution in [3.63, 3.8) is 0 Å². The van der Waals surface area contributed by atoms with E-state index in [-0.39, 0.29) is 23.4 Å². The van der Waals surface area contributed by atoms with Crippen molar-refractivity contribution in [3.8, 4) is 0 Å². The van der Waals surface area contributed by atoms with E-state index in [1.54, 1.807) is 29.2 Å². The molecule has 12 nitrogen and oxygen atoms in total. The lowest BCUT2D eigenvalue weighted by atomic mass is 10.3. The van der Waals surface area contributed by atoms with Gasteiger partial charge in [0.25, 0.3) is 0 Å². The van der Waals surface area contributed by atoms with Crippen molar-refractivity contribution in [1.29, 1.82) is 0 Å². The number of nitrogens with one attached hydrogen (secondary N) is 1. The van der Waals surface area contributed by atoms with Crippen LogP contribution in [-0.2, 0) is 11.3 Å². The van der Waals surface area contributed by atoms with Gasteiger partial charge in [-0.3, -0.25) is 10.1 Å². The molecule has 2 aromatic rings. The molecule has 0 atom stereocenters. The number of imidazole rings is 1. The summed E-state index contributed by atoms with van der Waals surface area (Å²) in [5, 5.41) is 14.8. The molecule has 0 unspecified atom stereocenters. The Morgan fingerprint density at radius 1 is 1.31 bits per heavy atom. The molecule has 156 valence electrons. The van der Waals surface area contributed by atoms with E-state index in [4.69, 9.17) is 4.74 Å². The average molecular weight is 404 g/mol. The molecule has 0 radical (unpaired) electrons. The number of amides is 1. The van der Waals surface area contributed by atoms with Crippen molar-refractivity contribution in [2.75, 3.05) is 49.5 Å². The Kier molecular flexibility index (Phi) is 6.76. The molecule has 3 heterocycles. The van der Waals surface area contributed by atoms with Crippen molar-refractivity contribution in [2.24, 2.45) is 0 Å². The summed E-state index contributed by atoms with van der Waals surface area (Å²) in [6, 6.07) is 0. The lowest BCUT2D eigenvalue weighted by Crippen LogP contribution is -2.49. The second-order valence-electron chi connectivity index (χ2n) is 6.41. The van der Waals surface area contributed by atoms with Gasteiger partial charge < -0.3 is 24.4 Å².